The minimum absolute atomic E-state index is 0.754. The van der Waals surface area contributed by atoms with Crippen LogP contribution in [-0.4, -0.2) is 5.75 Å². The number of hydrogen-bond donors (Lipinski definition) is 1. The molecule has 0 radical (unpaired) electrons. The molecule has 0 spiro atoms. The number of rotatable bonds is 3. The maximum absolute atomic E-state index is 5.96. The molecule has 1 rings (SSSR count). The van der Waals surface area contributed by atoms with E-state index in [4.69, 9.17) is 23.2 Å². The Labute approximate surface area is 88.3 Å². The van der Waals surface area contributed by atoms with Gasteiger partial charge in [-0.15, -0.1) is 0 Å². The van der Waals surface area contributed by atoms with E-state index in [2.05, 4.69) is 12.6 Å². The summed E-state index contributed by atoms with van der Waals surface area (Å²) in [5, 5.41) is 1.51. The summed E-state index contributed by atoms with van der Waals surface area (Å²) in [4.78, 5) is 0. The van der Waals surface area contributed by atoms with Crippen LogP contribution in [0.15, 0.2) is 18.2 Å². The zero-order chi connectivity index (χ0) is 8.97. The molecule has 1 aromatic rings. The van der Waals surface area contributed by atoms with Gasteiger partial charge in [0.25, 0.3) is 0 Å². The van der Waals surface area contributed by atoms with Crippen LogP contribution in [0.5, 0.6) is 0 Å². The highest BCUT2D eigenvalue weighted by Gasteiger charge is 2.03. The van der Waals surface area contributed by atoms with E-state index in [0.29, 0.717) is 0 Å². The largest absolute Gasteiger partial charge is 0.179 e. The molecule has 0 aliphatic heterocycles. The van der Waals surface area contributed by atoms with Gasteiger partial charge in [-0.2, -0.15) is 12.6 Å². The van der Waals surface area contributed by atoms with Gasteiger partial charge in [-0.05, 0) is 36.3 Å². The van der Waals surface area contributed by atoms with Crippen molar-refractivity contribution in [2.24, 2.45) is 0 Å². The van der Waals surface area contributed by atoms with Crippen LogP contribution < -0.4 is 0 Å². The zero-order valence-electron chi connectivity index (χ0n) is 6.56. The van der Waals surface area contributed by atoms with Crippen LogP contribution in [0.1, 0.15) is 12.0 Å². The Kier molecular flexibility index (Phi) is 4.27. The summed E-state index contributed by atoms with van der Waals surface area (Å²) in [6.07, 6.45) is 1.91. The van der Waals surface area contributed by atoms with Crippen molar-refractivity contribution in [1.29, 1.82) is 0 Å². The number of hydrogen-bond acceptors (Lipinski definition) is 1. The maximum Gasteiger partial charge on any atom is 0.0452 e. The topological polar surface area (TPSA) is 0 Å². The van der Waals surface area contributed by atoms with Gasteiger partial charge < -0.3 is 0 Å². The minimum Gasteiger partial charge on any atom is -0.179 e. The normalized spacial score (nSPS) is 10.2. The van der Waals surface area contributed by atoms with E-state index in [1.165, 1.54) is 0 Å². The lowest BCUT2D eigenvalue weighted by molar-refractivity contribution is 0.937. The molecule has 0 amide bonds. The summed E-state index contributed by atoms with van der Waals surface area (Å²) in [5.74, 6) is 0.863. The van der Waals surface area contributed by atoms with Gasteiger partial charge in [0.05, 0.1) is 0 Å². The lowest BCUT2D eigenvalue weighted by Gasteiger charge is -2.04. The van der Waals surface area contributed by atoms with Crippen molar-refractivity contribution in [3.8, 4) is 0 Å². The molecule has 0 heterocycles. The lowest BCUT2D eigenvalue weighted by atomic mass is 10.1. The zero-order valence-corrected chi connectivity index (χ0v) is 8.96. The minimum atomic E-state index is 0.754. The van der Waals surface area contributed by atoms with Crippen molar-refractivity contribution in [3.05, 3.63) is 33.8 Å². The van der Waals surface area contributed by atoms with Crippen molar-refractivity contribution < 1.29 is 0 Å². The first-order chi connectivity index (χ1) is 5.75. The average Bonchev–Trinajstić information content (AvgIpc) is 2.04. The number of halogens is 2. The summed E-state index contributed by atoms with van der Waals surface area (Å²) >= 11 is 16.0. The third-order valence-electron chi connectivity index (χ3n) is 1.65. The fraction of sp³-hybridized carbons (Fsp3) is 0.333. The highest BCUT2D eigenvalue weighted by atomic mass is 35.5. The first kappa shape index (κ1) is 10.2. The molecule has 3 heteroatoms. The van der Waals surface area contributed by atoms with E-state index in [1.54, 1.807) is 0 Å². The second-order valence-corrected chi connectivity index (χ2v) is 3.79. The molecule has 0 bridgehead atoms. The standard InChI is InChI=1S/C9H10Cl2S/c10-8-4-1-5-9(11)7(8)3-2-6-12/h1,4-5,12H,2-3,6H2. The van der Waals surface area contributed by atoms with Crippen molar-refractivity contribution in [2.45, 2.75) is 12.8 Å². The predicted molar refractivity (Wildman–Crippen MR) is 58.6 cm³/mol. The molecule has 0 saturated carbocycles. The quantitative estimate of drug-likeness (QED) is 0.736. The Hall–Kier alpha value is 0.150. The Morgan fingerprint density at radius 3 is 2.25 bits per heavy atom. The van der Waals surface area contributed by atoms with Crippen molar-refractivity contribution >= 4 is 35.8 Å². The van der Waals surface area contributed by atoms with Crippen LogP contribution in [0.4, 0.5) is 0 Å². The van der Waals surface area contributed by atoms with E-state index in [0.717, 1.165) is 34.2 Å². The molecular formula is C9H10Cl2S. The molecule has 0 aromatic heterocycles. The van der Waals surface area contributed by atoms with Gasteiger partial charge in [0.2, 0.25) is 0 Å². The highest BCUT2D eigenvalue weighted by Crippen LogP contribution is 2.25. The van der Waals surface area contributed by atoms with Crippen molar-refractivity contribution in [1.82, 2.24) is 0 Å². The Balaban J connectivity index is 2.81. The van der Waals surface area contributed by atoms with Crippen LogP contribution in [-0.2, 0) is 6.42 Å². The molecule has 0 unspecified atom stereocenters. The summed E-state index contributed by atoms with van der Waals surface area (Å²) in [5.41, 5.74) is 1.04. The SMILES string of the molecule is SCCCc1c(Cl)cccc1Cl. The summed E-state index contributed by atoms with van der Waals surface area (Å²) in [6.45, 7) is 0. The van der Waals surface area contributed by atoms with Gasteiger partial charge in [-0.1, -0.05) is 29.3 Å². The van der Waals surface area contributed by atoms with Crippen LogP contribution in [0.25, 0.3) is 0 Å². The first-order valence-corrected chi connectivity index (χ1v) is 5.18. The fourth-order valence-corrected chi connectivity index (χ4v) is 1.77. The average molecular weight is 221 g/mol. The summed E-state index contributed by atoms with van der Waals surface area (Å²) in [6, 6.07) is 5.58. The first-order valence-electron chi connectivity index (χ1n) is 3.79. The molecule has 1 aromatic carbocycles. The highest BCUT2D eigenvalue weighted by molar-refractivity contribution is 7.80. The van der Waals surface area contributed by atoms with Crippen LogP contribution in [0.3, 0.4) is 0 Å². The van der Waals surface area contributed by atoms with Gasteiger partial charge in [-0.25, -0.2) is 0 Å². The van der Waals surface area contributed by atoms with E-state index >= 15 is 0 Å². The van der Waals surface area contributed by atoms with E-state index in [-0.39, 0.29) is 0 Å². The molecule has 0 aliphatic rings. The third kappa shape index (κ3) is 2.58. The van der Waals surface area contributed by atoms with Gasteiger partial charge in [0.1, 0.15) is 0 Å². The van der Waals surface area contributed by atoms with E-state index in [9.17, 15) is 0 Å². The number of thiol groups is 1. The van der Waals surface area contributed by atoms with Crippen LogP contribution in [0.2, 0.25) is 10.0 Å². The molecule has 0 N–H and O–H groups in total. The third-order valence-corrected chi connectivity index (χ3v) is 2.67. The summed E-state index contributed by atoms with van der Waals surface area (Å²) < 4.78 is 0. The van der Waals surface area contributed by atoms with Crippen molar-refractivity contribution in [3.63, 3.8) is 0 Å². The Morgan fingerprint density at radius 1 is 1.17 bits per heavy atom. The lowest BCUT2D eigenvalue weighted by Crippen LogP contribution is -1.88. The molecule has 12 heavy (non-hydrogen) atoms. The molecular weight excluding hydrogens is 211 g/mol. The van der Waals surface area contributed by atoms with Gasteiger partial charge in [0.15, 0.2) is 0 Å². The second kappa shape index (κ2) is 5.00. The maximum atomic E-state index is 5.96. The number of benzene rings is 1. The molecule has 0 nitrogen and oxygen atoms in total. The molecule has 66 valence electrons. The van der Waals surface area contributed by atoms with Gasteiger partial charge in [-0.3, -0.25) is 0 Å². The fourth-order valence-electron chi connectivity index (χ4n) is 1.03. The van der Waals surface area contributed by atoms with E-state index in [1.807, 2.05) is 18.2 Å². The molecule has 0 saturated heterocycles. The predicted octanol–water partition coefficient (Wildman–Crippen LogP) is 3.86. The Morgan fingerprint density at radius 2 is 1.75 bits per heavy atom. The molecule has 0 atom stereocenters. The summed E-state index contributed by atoms with van der Waals surface area (Å²) in [7, 11) is 0. The smallest absolute Gasteiger partial charge is 0.0452 e. The van der Waals surface area contributed by atoms with Crippen LogP contribution in [0, 0.1) is 0 Å². The second-order valence-electron chi connectivity index (χ2n) is 2.53. The van der Waals surface area contributed by atoms with Gasteiger partial charge >= 0.3 is 0 Å². The Bertz CT molecular complexity index is 240. The van der Waals surface area contributed by atoms with Gasteiger partial charge in [0, 0.05) is 10.0 Å². The monoisotopic (exact) mass is 220 g/mol. The van der Waals surface area contributed by atoms with E-state index < -0.39 is 0 Å². The van der Waals surface area contributed by atoms with Crippen molar-refractivity contribution in [2.75, 3.05) is 5.75 Å². The molecule has 0 fully saturated rings. The molecule has 0 aliphatic carbocycles. The van der Waals surface area contributed by atoms with Crippen LogP contribution >= 0.6 is 35.8 Å².